The molecule has 3 fully saturated rings. The van der Waals surface area contributed by atoms with Gasteiger partial charge in [0.1, 0.15) is 10.4 Å². The Morgan fingerprint density at radius 3 is 3.00 bits per heavy atom. The number of hydrogen-bond donors (Lipinski definition) is 2. The van der Waals surface area contributed by atoms with Crippen LogP contribution in [0.15, 0.2) is 6.20 Å². The van der Waals surface area contributed by atoms with E-state index < -0.39 is 5.54 Å². The Morgan fingerprint density at radius 1 is 1.63 bits per heavy atom. The number of anilines is 1. The molecule has 2 saturated heterocycles. The van der Waals surface area contributed by atoms with E-state index in [0.717, 1.165) is 11.7 Å². The summed E-state index contributed by atoms with van der Waals surface area (Å²) in [6, 6.07) is 0. The molecule has 3 N–H and O–H groups in total. The van der Waals surface area contributed by atoms with Gasteiger partial charge in [-0.15, -0.1) is 0 Å². The van der Waals surface area contributed by atoms with Gasteiger partial charge in [-0.05, 0) is 25.7 Å². The number of fused-ring (bicyclic) bond motifs is 1. The van der Waals surface area contributed by atoms with Crippen LogP contribution in [0.3, 0.4) is 0 Å². The van der Waals surface area contributed by atoms with E-state index in [0.29, 0.717) is 30.2 Å². The second kappa shape index (κ2) is 4.19. The number of nitrogens with one attached hydrogen (secondary N) is 1. The molecule has 0 radical (unpaired) electrons. The minimum absolute atomic E-state index is 0.125. The van der Waals surface area contributed by atoms with Gasteiger partial charge < -0.3 is 16.0 Å². The lowest BCUT2D eigenvalue weighted by atomic mass is 9.73. The lowest BCUT2D eigenvalue weighted by molar-refractivity contribution is -0.129. The van der Waals surface area contributed by atoms with Crippen molar-refractivity contribution in [1.29, 1.82) is 0 Å². The van der Waals surface area contributed by atoms with E-state index in [-0.39, 0.29) is 11.8 Å². The van der Waals surface area contributed by atoms with Crippen molar-refractivity contribution in [3.63, 3.8) is 0 Å². The van der Waals surface area contributed by atoms with E-state index in [1.807, 2.05) is 6.92 Å². The number of primary amides is 1. The Kier molecular flexibility index (Phi) is 2.74. The molecule has 7 heteroatoms. The van der Waals surface area contributed by atoms with Crippen LogP contribution in [0.25, 0.3) is 0 Å². The lowest BCUT2D eigenvalue weighted by Crippen LogP contribution is -2.57. The summed E-state index contributed by atoms with van der Waals surface area (Å²) in [7, 11) is 0. The molecule has 1 saturated carbocycles. The molecule has 0 aromatic carbocycles. The molecule has 1 aromatic heterocycles. The highest BCUT2D eigenvalue weighted by atomic mass is 32.1. The molecule has 2 bridgehead atoms. The standard InChI is InChI=1S/C12H16N4O2S/c1-2-14-11-15-5-8(19-11)9(17)16-6-7-3-12(16,4-7)10(13)18/h5,7H,2-4,6H2,1H3,(H2,13,18)(H,14,15). The topological polar surface area (TPSA) is 88.3 Å². The molecular formula is C12H16N4O2S. The van der Waals surface area contributed by atoms with E-state index in [4.69, 9.17) is 5.73 Å². The van der Waals surface area contributed by atoms with Crippen molar-refractivity contribution < 1.29 is 9.59 Å². The maximum absolute atomic E-state index is 12.5. The average molecular weight is 280 g/mol. The van der Waals surface area contributed by atoms with E-state index in [1.54, 1.807) is 11.1 Å². The third kappa shape index (κ3) is 1.72. The summed E-state index contributed by atoms with van der Waals surface area (Å²) in [6.45, 7) is 3.37. The molecule has 2 aliphatic heterocycles. The molecule has 3 heterocycles. The first-order chi connectivity index (χ1) is 9.06. The van der Waals surface area contributed by atoms with Crippen molar-refractivity contribution in [3.8, 4) is 0 Å². The number of nitrogens with two attached hydrogens (primary N) is 1. The zero-order valence-corrected chi connectivity index (χ0v) is 11.5. The molecule has 0 spiro atoms. The van der Waals surface area contributed by atoms with Crippen LogP contribution in [0.5, 0.6) is 0 Å². The van der Waals surface area contributed by atoms with Gasteiger partial charge in [-0.3, -0.25) is 9.59 Å². The molecule has 4 rings (SSSR count). The molecule has 19 heavy (non-hydrogen) atoms. The molecule has 0 atom stereocenters. The van der Waals surface area contributed by atoms with Crippen molar-refractivity contribution in [2.75, 3.05) is 18.4 Å². The summed E-state index contributed by atoms with van der Waals surface area (Å²) in [5.74, 6) is -0.0796. The van der Waals surface area contributed by atoms with Gasteiger partial charge in [0.15, 0.2) is 5.13 Å². The van der Waals surface area contributed by atoms with E-state index >= 15 is 0 Å². The SMILES string of the molecule is CCNc1ncc(C(=O)N2CC3CC2(C(N)=O)C3)s1. The highest BCUT2D eigenvalue weighted by molar-refractivity contribution is 7.17. The van der Waals surface area contributed by atoms with Gasteiger partial charge in [0.2, 0.25) is 5.91 Å². The zero-order chi connectivity index (χ0) is 13.6. The summed E-state index contributed by atoms with van der Waals surface area (Å²) in [4.78, 5) is 30.4. The maximum Gasteiger partial charge on any atom is 0.266 e. The number of thiazole rings is 1. The fourth-order valence-corrected chi connectivity index (χ4v) is 3.86. The van der Waals surface area contributed by atoms with E-state index in [9.17, 15) is 9.59 Å². The molecule has 6 nitrogen and oxygen atoms in total. The predicted molar refractivity (Wildman–Crippen MR) is 72.0 cm³/mol. The number of hydrogen-bond acceptors (Lipinski definition) is 5. The van der Waals surface area contributed by atoms with Gasteiger partial charge in [0.05, 0.1) is 6.20 Å². The van der Waals surface area contributed by atoms with E-state index in [1.165, 1.54) is 11.3 Å². The van der Waals surface area contributed by atoms with Crippen LogP contribution < -0.4 is 11.1 Å². The van der Waals surface area contributed by atoms with Crippen molar-refractivity contribution in [2.45, 2.75) is 25.3 Å². The fourth-order valence-electron chi connectivity index (χ4n) is 3.03. The van der Waals surface area contributed by atoms with Gasteiger partial charge in [0.25, 0.3) is 5.91 Å². The molecular weight excluding hydrogens is 264 g/mol. The summed E-state index contributed by atoms with van der Waals surface area (Å²) in [5.41, 5.74) is 4.74. The third-order valence-corrected chi connectivity index (χ3v) is 4.90. The van der Waals surface area contributed by atoms with Gasteiger partial charge >= 0.3 is 0 Å². The Balaban J connectivity index is 1.82. The summed E-state index contributed by atoms with van der Waals surface area (Å²) in [6.07, 6.45) is 3.00. The lowest BCUT2D eigenvalue weighted by Gasteiger charge is -2.38. The Bertz CT molecular complexity index is 536. The highest BCUT2D eigenvalue weighted by Gasteiger charge is 2.61. The summed E-state index contributed by atoms with van der Waals surface area (Å²) >= 11 is 1.32. The van der Waals surface area contributed by atoms with Gasteiger partial charge in [0, 0.05) is 13.1 Å². The number of carbonyl (C=O) groups is 2. The summed E-state index contributed by atoms with van der Waals surface area (Å²) in [5, 5.41) is 3.80. The van der Waals surface area contributed by atoms with Crippen LogP contribution >= 0.6 is 11.3 Å². The molecule has 1 aliphatic carbocycles. The normalized spacial score (nSPS) is 28.1. The first-order valence-corrected chi connectivity index (χ1v) is 7.20. The van der Waals surface area contributed by atoms with Crippen LogP contribution in [0.4, 0.5) is 5.13 Å². The van der Waals surface area contributed by atoms with E-state index in [2.05, 4.69) is 10.3 Å². The largest absolute Gasteiger partial charge is 0.368 e. The second-order valence-corrected chi connectivity index (χ2v) is 6.18. The molecule has 3 aliphatic rings. The molecule has 102 valence electrons. The van der Waals surface area contributed by atoms with Gasteiger partial charge in [-0.25, -0.2) is 4.98 Å². The summed E-state index contributed by atoms with van der Waals surface area (Å²) < 4.78 is 0. The Labute approximate surface area is 115 Å². The maximum atomic E-state index is 12.5. The highest BCUT2D eigenvalue weighted by Crippen LogP contribution is 2.51. The zero-order valence-electron chi connectivity index (χ0n) is 10.7. The Morgan fingerprint density at radius 2 is 2.37 bits per heavy atom. The van der Waals surface area contributed by atoms with Gasteiger partial charge in [-0.2, -0.15) is 0 Å². The third-order valence-electron chi connectivity index (χ3n) is 3.96. The van der Waals surface area contributed by atoms with Crippen LogP contribution in [0, 0.1) is 5.92 Å². The smallest absolute Gasteiger partial charge is 0.266 e. The van der Waals surface area contributed by atoms with Crippen LogP contribution in [0.2, 0.25) is 0 Å². The van der Waals surface area contributed by atoms with Gasteiger partial charge in [-0.1, -0.05) is 11.3 Å². The second-order valence-electron chi connectivity index (χ2n) is 5.15. The first-order valence-electron chi connectivity index (χ1n) is 6.38. The van der Waals surface area contributed by atoms with Crippen molar-refractivity contribution >= 4 is 28.3 Å². The van der Waals surface area contributed by atoms with Crippen LogP contribution in [-0.4, -0.2) is 40.3 Å². The van der Waals surface area contributed by atoms with Crippen molar-refractivity contribution in [2.24, 2.45) is 11.7 Å². The minimum Gasteiger partial charge on any atom is -0.368 e. The molecule has 0 unspecified atom stereocenters. The van der Waals surface area contributed by atoms with Crippen molar-refractivity contribution in [1.82, 2.24) is 9.88 Å². The number of nitrogens with zero attached hydrogens (tertiary/aromatic N) is 2. The quantitative estimate of drug-likeness (QED) is 0.848. The number of carbonyl (C=O) groups excluding carboxylic acids is 2. The number of aromatic nitrogens is 1. The van der Waals surface area contributed by atoms with Crippen LogP contribution in [-0.2, 0) is 4.79 Å². The molecule has 1 aromatic rings. The Hall–Kier alpha value is -1.63. The number of rotatable bonds is 4. The fraction of sp³-hybridized carbons (Fsp3) is 0.583. The predicted octanol–water partition coefficient (Wildman–Crippen LogP) is 0.665. The number of amides is 2. The average Bonchev–Trinajstić information content (AvgIpc) is 2.99. The van der Waals surface area contributed by atoms with Crippen LogP contribution in [0.1, 0.15) is 29.4 Å². The monoisotopic (exact) mass is 280 g/mol. The first kappa shape index (κ1) is 12.4. The molecule has 2 amide bonds. The minimum atomic E-state index is -0.732. The van der Waals surface area contributed by atoms with Crippen molar-refractivity contribution in [3.05, 3.63) is 11.1 Å².